The van der Waals surface area contributed by atoms with Crippen molar-refractivity contribution in [1.29, 1.82) is 0 Å². The molecule has 4 nitrogen and oxygen atoms in total. The molecule has 1 aliphatic heterocycles. The summed E-state index contributed by atoms with van der Waals surface area (Å²) in [4.78, 5) is 18.4. The van der Waals surface area contributed by atoms with E-state index in [0.717, 1.165) is 0 Å². The van der Waals surface area contributed by atoms with Crippen LogP contribution in [0.1, 0.15) is 42.3 Å². The minimum Gasteiger partial charge on any atom is -0.363 e. The Bertz CT molecular complexity index is 737. The van der Waals surface area contributed by atoms with E-state index in [9.17, 15) is 9.90 Å². The highest BCUT2D eigenvalue weighted by Crippen LogP contribution is 2.45. The molecule has 0 fully saturated rings. The highest BCUT2D eigenvalue weighted by molar-refractivity contribution is 6.30. The number of aliphatic hydroxyl groups is 1. The summed E-state index contributed by atoms with van der Waals surface area (Å²) < 4.78 is 0. The highest BCUT2D eigenvalue weighted by atomic mass is 35.5. The van der Waals surface area contributed by atoms with Crippen molar-refractivity contribution < 1.29 is 9.90 Å². The van der Waals surface area contributed by atoms with Crippen LogP contribution in [0, 0.1) is 0 Å². The molecule has 0 aliphatic carbocycles. The van der Waals surface area contributed by atoms with E-state index in [2.05, 4.69) is 4.98 Å². The molecule has 0 bridgehead atoms. The van der Waals surface area contributed by atoms with Crippen LogP contribution < -0.4 is 0 Å². The molecule has 0 saturated heterocycles. The van der Waals surface area contributed by atoms with Crippen molar-refractivity contribution in [2.45, 2.75) is 32.0 Å². The third-order valence-electron chi connectivity index (χ3n) is 3.87. The minimum absolute atomic E-state index is 0.206. The van der Waals surface area contributed by atoms with Crippen molar-refractivity contribution in [2.24, 2.45) is 0 Å². The van der Waals surface area contributed by atoms with Crippen molar-refractivity contribution in [3.63, 3.8) is 0 Å². The molecular formula is C17H17ClN2O2. The lowest BCUT2D eigenvalue weighted by atomic mass is 9.92. The normalized spacial score (nSPS) is 21.1. The van der Waals surface area contributed by atoms with E-state index in [-0.39, 0.29) is 5.91 Å². The average molecular weight is 317 g/mol. The summed E-state index contributed by atoms with van der Waals surface area (Å²) in [5.74, 6) is -0.206. The van der Waals surface area contributed by atoms with Crippen molar-refractivity contribution >= 4 is 17.5 Å². The Morgan fingerprint density at radius 1 is 1.18 bits per heavy atom. The smallest absolute Gasteiger partial charge is 0.257 e. The van der Waals surface area contributed by atoms with Crippen molar-refractivity contribution in [3.05, 3.63) is 64.4 Å². The first-order valence-corrected chi connectivity index (χ1v) is 7.41. The lowest BCUT2D eigenvalue weighted by Crippen LogP contribution is -2.54. The molecule has 1 aromatic carbocycles. The molecule has 1 amide bonds. The van der Waals surface area contributed by atoms with Gasteiger partial charge >= 0.3 is 0 Å². The van der Waals surface area contributed by atoms with Gasteiger partial charge < -0.3 is 5.11 Å². The summed E-state index contributed by atoms with van der Waals surface area (Å²) in [6.07, 6.45) is 3.11. The monoisotopic (exact) mass is 316 g/mol. The number of carbonyl (C=O) groups is 1. The topological polar surface area (TPSA) is 53.4 Å². The van der Waals surface area contributed by atoms with Crippen LogP contribution in [0.5, 0.6) is 0 Å². The number of nitrogens with zero attached hydrogens (tertiary/aromatic N) is 2. The molecule has 1 unspecified atom stereocenters. The SMILES string of the molecule is CC(C)(C)N1C(=O)c2ccncc2C1(O)c1ccc(Cl)cc1. The number of pyridine rings is 1. The van der Waals surface area contributed by atoms with E-state index in [4.69, 9.17) is 11.6 Å². The van der Waals surface area contributed by atoms with Crippen molar-refractivity contribution in [1.82, 2.24) is 9.88 Å². The fourth-order valence-corrected chi connectivity index (χ4v) is 3.13. The van der Waals surface area contributed by atoms with Crippen LogP contribution in [-0.4, -0.2) is 26.4 Å². The summed E-state index contributed by atoms with van der Waals surface area (Å²) in [5.41, 5.74) is -0.555. The quantitative estimate of drug-likeness (QED) is 0.879. The van der Waals surface area contributed by atoms with E-state index < -0.39 is 11.3 Å². The van der Waals surface area contributed by atoms with E-state index >= 15 is 0 Å². The van der Waals surface area contributed by atoms with Gasteiger partial charge in [-0.25, -0.2) is 0 Å². The van der Waals surface area contributed by atoms with E-state index in [0.29, 0.717) is 21.7 Å². The second-order valence-electron chi connectivity index (χ2n) is 6.41. The molecule has 1 N–H and O–H groups in total. The first-order valence-electron chi connectivity index (χ1n) is 7.04. The lowest BCUT2D eigenvalue weighted by molar-refractivity contribution is -0.0877. The number of carbonyl (C=O) groups excluding carboxylic acids is 1. The van der Waals surface area contributed by atoms with Crippen LogP contribution >= 0.6 is 11.6 Å². The Morgan fingerprint density at radius 2 is 1.82 bits per heavy atom. The molecule has 3 rings (SSSR count). The van der Waals surface area contributed by atoms with Crippen LogP contribution in [0.4, 0.5) is 0 Å². The molecule has 22 heavy (non-hydrogen) atoms. The Morgan fingerprint density at radius 3 is 2.41 bits per heavy atom. The molecule has 2 heterocycles. The van der Waals surface area contributed by atoms with Crippen LogP contribution in [0.25, 0.3) is 0 Å². The van der Waals surface area contributed by atoms with Gasteiger partial charge in [-0.15, -0.1) is 0 Å². The molecular weight excluding hydrogens is 300 g/mol. The summed E-state index contributed by atoms with van der Waals surface area (Å²) in [7, 11) is 0. The van der Waals surface area contributed by atoms with E-state index in [1.807, 2.05) is 20.8 Å². The zero-order valence-corrected chi connectivity index (χ0v) is 13.4. The summed E-state index contributed by atoms with van der Waals surface area (Å²) in [5, 5.41) is 12.1. The van der Waals surface area contributed by atoms with E-state index in [1.54, 1.807) is 42.7 Å². The van der Waals surface area contributed by atoms with Crippen LogP contribution in [0.3, 0.4) is 0 Å². The zero-order valence-electron chi connectivity index (χ0n) is 12.7. The Balaban J connectivity index is 2.29. The van der Waals surface area contributed by atoms with Gasteiger partial charge in [0.05, 0.1) is 5.56 Å². The maximum Gasteiger partial charge on any atom is 0.257 e. The van der Waals surface area contributed by atoms with Crippen LogP contribution in [0.2, 0.25) is 5.02 Å². The average Bonchev–Trinajstić information content (AvgIpc) is 2.69. The van der Waals surface area contributed by atoms with Gasteiger partial charge in [-0.1, -0.05) is 23.7 Å². The minimum atomic E-state index is -1.55. The zero-order chi connectivity index (χ0) is 16.1. The first-order chi connectivity index (χ1) is 10.3. The largest absolute Gasteiger partial charge is 0.363 e. The Hall–Kier alpha value is -1.91. The third-order valence-corrected chi connectivity index (χ3v) is 4.12. The summed E-state index contributed by atoms with van der Waals surface area (Å²) in [6, 6.07) is 8.51. The summed E-state index contributed by atoms with van der Waals surface area (Å²) in [6.45, 7) is 5.68. The predicted molar refractivity (Wildman–Crippen MR) is 84.6 cm³/mol. The van der Waals surface area contributed by atoms with Gasteiger partial charge in [-0.05, 0) is 39.0 Å². The highest BCUT2D eigenvalue weighted by Gasteiger charge is 2.54. The second-order valence-corrected chi connectivity index (χ2v) is 6.85. The fourth-order valence-electron chi connectivity index (χ4n) is 3.00. The first kappa shape index (κ1) is 15.0. The molecule has 5 heteroatoms. The maximum atomic E-state index is 12.8. The summed E-state index contributed by atoms with van der Waals surface area (Å²) >= 11 is 5.94. The molecule has 0 spiro atoms. The van der Waals surface area contributed by atoms with Gasteiger partial charge in [0.15, 0.2) is 5.72 Å². The molecule has 0 saturated carbocycles. The second kappa shape index (κ2) is 4.80. The van der Waals surface area contributed by atoms with Gasteiger partial charge in [0.1, 0.15) is 0 Å². The Kier molecular flexibility index (Phi) is 3.27. The predicted octanol–water partition coefficient (Wildman–Crippen LogP) is 3.18. The number of amides is 1. The number of aromatic nitrogens is 1. The number of rotatable bonds is 1. The van der Waals surface area contributed by atoms with Gasteiger partial charge in [0.2, 0.25) is 0 Å². The number of hydrogen-bond donors (Lipinski definition) is 1. The van der Waals surface area contributed by atoms with E-state index in [1.165, 1.54) is 4.90 Å². The molecule has 1 aromatic heterocycles. The third kappa shape index (κ3) is 2.02. The molecule has 0 radical (unpaired) electrons. The van der Waals surface area contributed by atoms with Gasteiger partial charge in [-0.3, -0.25) is 14.7 Å². The Labute approximate surface area is 134 Å². The molecule has 114 valence electrons. The van der Waals surface area contributed by atoms with Gasteiger partial charge in [-0.2, -0.15) is 0 Å². The molecule has 1 aliphatic rings. The lowest BCUT2D eigenvalue weighted by Gasteiger charge is -2.43. The van der Waals surface area contributed by atoms with Crippen LogP contribution in [0.15, 0.2) is 42.7 Å². The number of fused-ring (bicyclic) bond motifs is 1. The standard InChI is InChI=1S/C17H17ClN2O2/c1-16(2,3)20-15(21)13-8-9-19-10-14(13)17(20,22)11-4-6-12(18)7-5-11/h4-10,22H,1-3H3. The van der Waals surface area contributed by atoms with Crippen LogP contribution in [-0.2, 0) is 5.72 Å². The maximum absolute atomic E-state index is 12.8. The number of hydrogen-bond acceptors (Lipinski definition) is 3. The molecule has 1 atom stereocenters. The number of halogens is 1. The van der Waals surface area contributed by atoms with Gasteiger partial charge in [0, 0.05) is 34.1 Å². The van der Waals surface area contributed by atoms with Crippen molar-refractivity contribution in [3.8, 4) is 0 Å². The van der Waals surface area contributed by atoms with Gasteiger partial charge in [0.25, 0.3) is 5.91 Å². The fraction of sp³-hybridized carbons (Fsp3) is 0.294. The van der Waals surface area contributed by atoms with Crippen molar-refractivity contribution in [2.75, 3.05) is 0 Å². The molecule has 2 aromatic rings. The number of benzene rings is 1.